The summed E-state index contributed by atoms with van der Waals surface area (Å²) in [4.78, 5) is 23.0. The van der Waals surface area contributed by atoms with Gasteiger partial charge in [-0.1, -0.05) is 11.6 Å². The molecule has 0 aromatic carbocycles. The molecule has 1 amide bonds. The molecule has 1 aromatic rings. The Morgan fingerprint density at radius 2 is 1.82 bits per heavy atom. The van der Waals surface area contributed by atoms with Crippen LogP contribution in [0.5, 0.6) is 0 Å². The number of rotatable bonds is 6. The average molecular weight is 328 g/mol. The molecule has 0 bridgehead atoms. The molecule has 124 valence electrons. The van der Waals surface area contributed by atoms with Crippen LogP contribution in [0.25, 0.3) is 0 Å². The van der Waals surface area contributed by atoms with Crippen LogP contribution < -0.4 is 0 Å². The van der Waals surface area contributed by atoms with E-state index in [1.807, 2.05) is 30.4 Å². The van der Waals surface area contributed by atoms with Gasteiger partial charge < -0.3 is 9.47 Å². The summed E-state index contributed by atoms with van der Waals surface area (Å²) in [6.45, 7) is 10.7. The minimum absolute atomic E-state index is 0.231. The molecule has 0 saturated carbocycles. The van der Waals surface area contributed by atoms with Gasteiger partial charge in [0.2, 0.25) is 5.91 Å². The zero-order valence-electron chi connectivity index (χ0n) is 13.8. The van der Waals surface area contributed by atoms with Gasteiger partial charge in [-0.15, -0.1) is 0 Å². The topological polar surface area (TPSA) is 44.6 Å². The van der Waals surface area contributed by atoms with Crippen molar-refractivity contribution in [1.82, 2.24) is 24.3 Å². The van der Waals surface area contributed by atoms with Crippen molar-refractivity contribution in [3.63, 3.8) is 0 Å². The Morgan fingerprint density at radius 1 is 1.23 bits per heavy atom. The predicted octanol–water partition coefficient (Wildman–Crippen LogP) is 1.06. The fourth-order valence-electron chi connectivity index (χ4n) is 2.74. The smallest absolute Gasteiger partial charge is 0.236 e. The third kappa shape index (κ3) is 4.21. The van der Waals surface area contributed by atoms with Crippen molar-refractivity contribution in [2.24, 2.45) is 7.05 Å². The second kappa shape index (κ2) is 7.94. The first-order chi connectivity index (χ1) is 10.5. The van der Waals surface area contributed by atoms with E-state index in [1.54, 1.807) is 6.20 Å². The molecular weight excluding hydrogens is 302 g/mol. The van der Waals surface area contributed by atoms with Crippen LogP contribution in [0.1, 0.15) is 19.7 Å². The van der Waals surface area contributed by atoms with E-state index in [2.05, 4.69) is 14.8 Å². The largest absolute Gasteiger partial charge is 0.342 e. The predicted molar refractivity (Wildman–Crippen MR) is 87.9 cm³/mol. The number of hydrogen-bond donors (Lipinski definition) is 0. The minimum atomic E-state index is 0.231. The maximum absolute atomic E-state index is 12.1. The van der Waals surface area contributed by atoms with E-state index in [9.17, 15) is 4.79 Å². The van der Waals surface area contributed by atoms with Crippen LogP contribution in [0.4, 0.5) is 0 Å². The van der Waals surface area contributed by atoms with Crippen molar-refractivity contribution >= 4 is 17.5 Å². The fourth-order valence-corrected chi connectivity index (χ4v) is 2.89. The number of imidazole rings is 1. The Balaban J connectivity index is 1.78. The highest BCUT2D eigenvalue weighted by molar-refractivity contribution is 6.29. The number of hydrogen-bond acceptors (Lipinski definition) is 4. The summed E-state index contributed by atoms with van der Waals surface area (Å²) in [7, 11) is 1.93. The highest BCUT2D eigenvalue weighted by Gasteiger charge is 2.21. The van der Waals surface area contributed by atoms with Gasteiger partial charge in [-0.25, -0.2) is 4.98 Å². The van der Waals surface area contributed by atoms with E-state index in [1.165, 1.54) is 0 Å². The van der Waals surface area contributed by atoms with Crippen LogP contribution in [0.2, 0.25) is 5.15 Å². The number of amides is 1. The van der Waals surface area contributed by atoms with Crippen molar-refractivity contribution < 1.29 is 4.79 Å². The molecular formula is C15H26ClN5O. The van der Waals surface area contributed by atoms with E-state index in [0.717, 1.165) is 51.6 Å². The third-order valence-electron chi connectivity index (χ3n) is 4.33. The summed E-state index contributed by atoms with van der Waals surface area (Å²) in [5, 5.41) is 0.665. The van der Waals surface area contributed by atoms with Crippen molar-refractivity contribution in [3.05, 3.63) is 17.2 Å². The fraction of sp³-hybridized carbons (Fsp3) is 0.733. The number of carbonyl (C=O) groups excluding carboxylic acids is 1. The summed E-state index contributed by atoms with van der Waals surface area (Å²) in [5.74, 6) is 1.21. The lowest BCUT2D eigenvalue weighted by Crippen LogP contribution is -2.49. The van der Waals surface area contributed by atoms with Crippen LogP contribution in [0, 0.1) is 0 Å². The first kappa shape index (κ1) is 17.2. The maximum atomic E-state index is 12.1. The van der Waals surface area contributed by atoms with Gasteiger partial charge in [-0.2, -0.15) is 0 Å². The molecule has 0 unspecified atom stereocenters. The third-order valence-corrected chi connectivity index (χ3v) is 4.68. The number of nitrogens with zero attached hydrogens (tertiary/aromatic N) is 5. The highest BCUT2D eigenvalue weighted by atomic mass is 35.5. The van der Waals surface area contributed by atoms with Crippen molar-refractivity contribution in [1.29, 1.82) is 0 Å². The molecule has 1 aromatic heterocycles. The average Bonchev–Trinajstić information content (AvgIpc) is 2.82. The minimum Gasteiger partial charge on any atom is -0.342 e. The lowest BCUT2D eigenvalue weighted by molar-refractivity contribution is -0.132. The van der Waals surface area contributed by atoms with Gasteiger partial charge in [0.1, 0.15) is 11.0 Å². The Bertz CT molecular complexity index is 492. The highest BCUT2D eigenvalue weighted by Crippen LogP contribution is 2.12. The Morgan fingerprint density at radius 3 is 2.32 bits per heavy atom. The molecule has 0 aliphatic carbocycles. The molecule has 0 spiro atoms. The maximum Gasteiger partial charge on any atom is 0.236 e. The van der Waals surface area contributed by atoms with Gasteiger partial charge in [0, 0.05) is 46.3 Å². The van der Waals surface area contributed by atoms with E-state index in [-0.39, 0.29) is 5.91 Å². The van der Waals surface area contributed by atoms with Gasteiger partial charge in [0.05, 0.1) is 19.3 Å². The molecule has 0 N–H and O–H groups in total. The number of aromatic nitrogens is 2. The Kier molecular flexibility index (Phi) is 6.23. The molecule has 6 nitrogen and oxygen atoms in total. The first-order valence-electron chi connectivity index (χ1n) is 7.93. The monoisotopic (exact) mass is 327 g/mol. The Labute approximate surface area is 137 Å². The van der Waals surface area contributed by atoms with Crippen molar-refractivity contribution in [3.8, 4) is 0 Å². The van der Waals surface area contributed by atoms with Crippen LogP contribution >= 0.6 is 11.6 Å². The molecule has 1 aliphatic rings. The van der Waals surface area contributed by atoms with Crippen molar-refractivity contribution in [2.75, 3.05) is 45.8 Å². The van der Waals surface area contributed by atoms with Crippen LogP contribution in [-0.2, 0) is 18.4 Å². The van der Waals surface area contributed by atoms with E-state index in [0.29, 0.717) is 11.7 Å². The summed E-state index contributed by atoms with van der Waals surface area (Å²) in [5.41, 5.74) is 0. The zero-order valence-corrected chi connectivity index (χ0v) is 14.5. The van der Waals surface area contributed by atoms with Gasteiger partial charge in [-0.3, -0.25) is 14.6 Å². The normalized spacial score (nSPS) is 16.9. The molecule has 0 atom stereocenters. The van der Waals surface area contributed by atoms with Gasteiger partial charge in [0.15, 0.2) is 0 Å². The van der Waals surface area contributed by atoms with Gasteiger partial charge in [-0.05, 0) is 13.8 Å². The molecule has 1 aliphatic heterocycles. The van der Waals surface area contributed by atoms with Crippen LogP contribution in [0.3, 0.4) is 0 Å². The van der Waals surface area contributed by atoms with E-state index in [4.69, 9.17) is 11.6 Å². The summed E-state index contributed by atoms with van der Waals surface area (Å²) >= 11 is 6.02. The second-order valence-corrected chi connectivity index (χ2v) is 6.06. The lowest BCUT2D eigenvalue weighted by Gasteiger charge is -2.35. The molecule has 7 heteroatoms. The van der Waals surface area contributed by atoms with Crippen LogP contribution in [0.15, 0.2) is 6.20 Å². The Hall–Kier alpha value is -1.11. The number of likely N-dealkylation sites (N-methyl/N-ethyl adjacent to an activating group) is 1. The molecule has 2 rings (SSSR count). The van der Waals surface area contributed by atoms with Gasteiger partial charge >= 0.3 is 0 Å². The number of carbonyl (C=O) groups is 1. The van der Waals surface area contributed by atoms with E-state index < -0.39 is 0 Å². The first-order valence-corrected chi connectivity index (χ1v) is 8.31. The standard InChI is InChI=1S/C15H26ClN5O/c1-4-21(5-2)15(22)12-20-8-6-19(7-9-20)11-14-17-10-13(16)18(14)3/h10H,4-9,11-12H2,1-3H3. The van der Waals surface area contributed by atoms with Crippen LogP contribution in [-0.4, -0.2) is 76.0 Å². The molecule has 22 heavy (non-hydrogen) atoms. The zero-order chi connectivity index (χ0) is 16.1. The molecule has 1 fully saturated rings. The molecule has 2 heterocycles. The lowest BCUT2D eigenvalue weighted by atomic mass is 10.3. The molecule has 0 radical (unpaired) electrons. The summed E-state index contributed by atoms with van der Waals surface area (Å²) in [6.07, 6.45) is 1.69. The number of piperazine rings is 1. The van der Waals surface area contributed by atoms with E-state index >= 15 is 0 Å². The SMILES string of the molecule is CCN(CC)C(=O)CN1CCN(Cc2ncc(Cl)n2C)CC1. The quantitative estimate of drug-likeness (QED) is 0.784. The number of halogens is 1. The van der Waals surface area contributed by atoms with Crippen molar-refractivity contribution in [2.45, 2.75) is 20.4 Å². The summed E-state index contributed by atoms with van der Waals surface area (Å²) < 4.78 is 1.91. The van der Waals surface area contributed by atoms with Gasteiger partial charge in [0.25, 0.3) is 0 Å². The summed E-state index contributed by atoms with van der Waals surface area (Å²) in [6, 6.07) is 0. The molecule has 1 saturated heterocycles. The second-order valence-electron chi connectivity index (χ2n) is 5.67.